The van der Waals surface area contributed by atoms with Gasteiger partial charge in [0.05, 0.1) is 0 Å². The predicted octanol–water partition coefficient (Wildman–Crippen LogP) is 0.841. The second-order valence-electron chi connectivity index (χ2n) is 1.59. The molecular weight excluding hydrogens is 164 g/mol. The van der Waals surface area contributed by atoms with Crippen LogP contribution in [0.4, 0.5) is 0 Å². The lowest BCUT2D eigenvalue weighted by Crippen LogP contribution is -2.00. The van der Waals surface area contributed by atoms with Gasteiger partial charge in [-0.1, -0.05) is 0 Å². The van der Waals surface area contributed by atoms with E-state index in [2.05, 4.69) is 10.8 Å². The molecule has 0 aromatic rings. The van der Waals surface area contributed by atoms with Gasteiger partial charge in [-0.3, -0.25) is 0 Å². The fourth-order valence-electron chi connectivity index (χ4n) is 0.351. The highest BCUT2D eigenvalue weighted by Gasteiger charge is 1.79. The molecule has 0 amide bonds. The van der Waals surface area contributed by atoms with Crippen molar-refractivity contribution in [2.45, 2.75) is 0 Å². The number of nitrogens with two attached hydrogens (primary N) is 2. The van der Waals surface area contributed by atoms with Crippen LogP contribution < -0.4 is 11.5 Å². The third-order valence-corrected chi connectivity index (χ3v) is 2.49. The predicted molar refractivity (Wildman–Crippen MR) is 52.2 cm³/mol. The average Bonchev–Trinajstić information content (AvgIpc) is 1.97. The Kier molecular flexibility index (Phi) is 9.70. The number of hydrogen-bond acceptors (Lipinski definition) is 4. The minimum absolute atomic E-state index is 0.747. The molecule has 0 heterocycles. The van der Waals surface area contributed by atoms with Gasteiger partial charge in [0, 0.05) is 24.6 Å². The first-order valence-corrected chi connectivity index (χ1v) is 5.30. The Labute approximate surface area is 70.8 Å². The van der Waals surface area contributed by atoms with Crippen molar-refractivity contribution in [3.63, 3.8) is 0 Å². The van der Waals surface area contributed by atoms with Crippen LogP contribution in [0.3, 0.4) is 0 Å². The second-order valence-corrected chi connectivity index (χ2v) is 3.62. The minimum atomic E-state index is 0.747. The lowest BCUT2D eigenvalue weighted by Gasteiger charge is -1.89. The van der Waals surface area contributed by atoms with E-state index >= 15 is 0 Å². The van der Waals surface area contributed by atoms with Crippen LogP contribution in [0, 0.1) is 0 Å². The van der Waals surface area contributed by atoms with Crippen molar-refractivity contribution in [3.05, 3.63) is 10.8 Å². The molecule has 0 aliphatic carbocycles. The highest BCUT2D eigenvalue weighted by molar-refractivity contribution is 8.05. The Morgan fingerprint density at radius 2 is 1.30 bits per heavy atom. The van der Waals surface area contributed by atoms with Gasteiger partial charge in [-0.25, -0.2) is 0 Å². The standard InChI is InChI=1S/C6H14N2S2/c7-1-3-9-5-6-10-4-2-8/h5-6H,1-4,7-8H2. The molecule has 4 N–H and O–H groups in total. The zero-order chi connectivity index (χ0) is 7.66. The van der Waals surface area contributed by atoms with Gasteiger partial charge in [-0.05, 0) is 10.8 Å². The summed E-state index contributed by atoms with van der Waals surface area (Å²) in [5.41, 5.74) is 10.6. The van der Waals surface area contributed by atoms with E-state index in [1.165, 1.54) is 0 Å². The van der Waals surface area contributed by atoms with Gasteiger partial charge in [0.15, 0.2) is 0 Å². The first-order chi connectivity index (χ1) is 4.91. The maximum atomic E-state index is 5.29. The molecule has 0 radical (unpaired) electrons. The smallest absolute Gasteiger partial charge is 0.00975 e. The van der Waals surface area contributed by atoms with Gasteiger partial charge in [0.25, 0.3) is 0 Å². The fourth-order valence-corrected chi connectivity index (χ4v) is 1.52. The summed E-state index contributed by atoms with van der Waals surface area (Å²) in [7, 11) is 0. The molecule has 2 nitrogen and oxygen atoms in total. The summed E-state index contributed by atoms with van der Waals surface area (Å²) < 4.78 is 0. The first-order valence-electron chi connectivity index (χ1n) is 3.20. The highest BCUT2D eigenvalue weighted by Crippen LogP contribution is 2.06. The molecule has 0 saturated carbocycles. The van der Waals surface area contributed by atoms with E-state index in [0.717, 1.165) is 24.6 Å². The molecule has 4 heteroatoms. The summed E-state index contributed by atoms with van der Waals surface area (Å²) in [5, 5.41) is 4.13. The Morgan fingerprint density at radius 1 is 0.900 bits per heavy atom. The highest BCUT2D eigenvalue weighted by atomic mass is 32.2. The molecule has 0 atom stereocenters. The molecule has 0 aromatic heterocycles. The topological polar surface area (TPSA) is 52.0 Å². The Hall–Kier alpha value is 0.360. The Morgan fingerprint density at radius 3 is 1.60 bits per heavy atom. The van der Waals surface area contributed by atoms with Gasteiger partial charge >= 0.3 is 0 Å². The second kappa shape index (κ2) is 9.36. The number of hydrogen-bond donors (Lipinski definition) is 2. The van der Waals surface area contributed by atoms with Crippen molar-refractivity contribution >= 4 is 23.5 Å². The van der Waals surface area contributed by atoms with Crippen molar-refractivity contribution in [1.29, 1.82) is 0 Å². The van der Waals surface area contributed by atoms with Crippen LogP contribution in [0.15, 0.2) is 10.8 Å². The van der Waals surface area contributed by atoms with Crippen LogP contribution in [0.2, 0.25) is 0 Å². The zero-order valence-electron chi connectivity index (χ0n) is 5.95. The third-order valence-electron chi connectivity index (χ3n) is 0.719. The Bertz CT molecular complexity index is 75.8. The first kappa shape index (κ1) is 10.4. The molecule has 0 bridgehead atoms. The van der Waals surface area contributed by atoms with Gasteiger partial charge in [-0.2, -0.15) is 0 Å². The van der Waals surface area contributed by atoms with Crippen LogP contribution in [-0.2, 0) is 0 Å². The van der Waals surface area contributed by atoms with Crippen molar-refractivity contribution < 1.29 is 0 Å². The molecule has 0 aromatic carbocycles. The van der Waals surface area contributed by atoms with Crippen LogP contribution >= 0.6 is 23.5 Å². The van der Waals surface area contributed by atoms with Gasteiger partial charge in [0.2, 0.25) is 0 Å². The molecule has 10 heavy (non-hydrogen) atoms. The molecule has 0 spiro atoms. The summed E-state index contributed by atoms with van der Waals surface area (Å²) in [6.07, 6.45) is 0. The summed E-state index contributed by atoms with van der Waals surface area (Å²) >= 11 is 3.47. The van der Waals surface area contributed by atoms with E-state index in [1.54, 1.807) is 23.5 Å². The monoisotopic (exact) mass is 178 g/mol. The van der Waals surface area contributed by atoms with E-state index in [0.29, 0.717) is 0 Å². The van der Waals surface area contributed by atoms with E-state index < -0.39 is 0 Å². The Balaban J connectivity index is 2.89. The summed E-state index contributed by atoms with van der Waals surface area (Å²) in [5.74, 6) is 2.00. The fraction of sp³-hybridized carbons (Fsp3) is 0.667. The maximum Gasteiger partial charge on any atom is 0.00975 e. The molecule has 0 aliphatic heterocycles. The molecule has 0 fully saturated rings. The normalized spacial score (nSPS) is 11.0. The van der Waals surface area contributed by atoms with Crippen molar-refractivity contribution in [3.8, 4) is 0 Å². The van der Waals surface area contributed by atoms with Gasteiger partial charge < -0.3 is 11.5 Å². The molecular formula is C6H14N2S2. The van der Waals surface area contributed by atoms with Gasteiger partial charge in [0.1, 0.15) is 0 Å². The largest absolute Gasteiger partial charge is 0.330 e. The molecule has 0 aliphatic rings. The van der Waals surface area contributed by atoms with Crippen LogP contribution in [0.25, 0.3) is 0 Å². The van der Waals surface area contributed by atoms with Crippen molar-refractivity contribution in [2.24, 2.45) is 11.5 Å². The summed E-state index contributed by atoms with van der Waals surface area (Å²) in [6, 6.07) is 0. The van der Waals surface area contributed by atoms with Crippen LogP contribution in [0.1, 0.15) is 0 Å². The van der Waals surface area contributed by atoms with E-state index in [-0.39, 0.29) is 0 Å². The van der Waals surface area contributed by atoms with E-state index in [4.69, 9.17) is 11.5 Å². The quantitative estimate of drug-likeness (QED) is 0.592. The van der Waals surface area contributed by atoms with E-state index in [9.17, 15) is 0 Å². The summed E-state index contributed by atoms with van der Waals surface area (Å²) in [6.45, 7) is 1.49. The minimum Gasteiger partial charge on any atom is -0.330 e. The van der Waals surface area contributed by atoms with Crippen LogP contribution in [0.5, 0.6) is 0 Å². The SMILES string of the molecule is NCCSC=CSCCN. The third kappa shape index (κ3) is 8.36. The van der Waals surface area contributed by atoms with Gasteiger partial charge in [-0.15, -0.1) is 23.5 Å². The lowest BCUT2D eigenvalue weighted by atomic mass is 10.8. The number of thioether (sulfide) groups is 2. The number of rotatable bonds is 6. The molecule has 0 unspecified atom stereocenters. The van der Waals surface area contributed by atoms with Crippen molar-refractivity contribution in [1.82, 2.24) is 0 Å². The zero-order valence-corrected chi connectivity index (χ0v) is 7.59. The average molecular weight is 178 g/mol. The van der Waals surface area contributed by atoms with E-state index in [1.807, 2.05) is 0 Å². The van der Waals surface area contributed by atoms with Crippen molar-refractivity contribution in [2.75, 3.05) is 24.6 Å². The molecule has 60 valence electrons. The molecule has 0 rings (SSSR count). The lowest BCUT2D eigenvalue weighted by molar-refractivity contribution is 1.15. The summed E-state index contributed by atoms with van der Waals surface area (Å²) in [4.78, 5) is 0. The molecule has 0 saturated heterocycles. The maximum absolute atomic E-state index is 5.29. The van der Waals surface area contributed by atoms with Crippen LogP contribution in [-0.4, -0.2) is 24.6 Å².